The number of aromatic nitrogens is 1. The molecule has 1 heterocycles. The minimum absolute atomic E-state index is 0.0160. The summed E-state index contributed by atoms with van der Waals surface area (Å²) in [6.45, 7) is 5.11. The Labute approximate surface area is 149 Å². The molecule has 6 nitrogen and oxygen atoms in total. The van der Waals surface area contributed by atoms with Crippen molar-refractivity contribution in [2.75, 3.05) is 5.32 Å². The number of amides is 1. The first kappa shape index (κ1) is 18.4. The van der Waals surface area contributed by atoms with Gasteiger partial charge in [0.15, 0.2) is 9.84 Å². The van der Waals surface area contributed by atoms with Crippen molar-refractivity contribution in [1.82, 2.24) is 5.16 Å². The fourth-order valence-electron chi connectivity index (χ4n) is 4.04. The van der Waals surface area contributed by atoms with Crippen molar-refractivity contribution in [3.63, 3.8) is 0 Å². The van der Waals surface area contributed by atoms with Gasteiger partial charge in [-0.25, -0.2) is 8.42 Å². The third-order valence-corrected chi connectivity index (χ3v) is 9.03. The van der Waals surface area contributed by atoms with Crippen LogP contribution in [-0.4, -0.2) is 29.5 Å². The molecule has 0 aromatic carbocycles. The van der Waals surface area contributed by atoms with Crippen LogP contribution in [0.4, 0.5) is 5.88 Å². The molecule has 0 bridgehead atoms. The van der Waals surface area contributed by atoms with Gasteiger partial charge in [-0.1, -0.05) is 37.8 Å². The molecular weight excluding hydrogens is 340 g/mol. The Morgan fingerprint density at radius 2 is 1.84 bits per heavy atom. The van der Waals surface area contributed by atoms with E-state index in [0.717, 1.165) is 44.2 Å². The first-order valence-corrected chi connectivity index (χ1v) is 10.7. The summed E-state index contributed by atoms with van der Waals surface area (Å²) in [4.78, 5) is 12.7. The fourth-order valence-corrected chi connectivity index (χ4v) is 6.13. The molecule has 1 aromatic rings. The van der Waals surface area contributed by atoms with Gasteiger partial charge in [-0.05, 0) is 39.5 Å². The molecule has 1 aromatic heterocycles. The van der Waals surface area contributed by atoms with Gasteiger partial charge in [0, 0.05) is 11.5 Å². The summed E-state index contributed by atoms with van der Waals surface area (Å²) >= 11 is 0. The number of carbonyl (C=O) groups excluding carboxylic acids is 1. The van der Waals surface area contributed by atoms with Crippen molar-refractivity contribution in [1.29, 1.82) is 0 Å². The average molecular weight is 368 g/mol. The molecule has 1 N–H and O–H groups in total. The quantitative estimate of drug-likeness (QED) is 0.858. The van der Waals surface area contributed by atoms with Crippen LogP contribution in [0.2, 0.25) is 0 Å². The molecular formula is C18H28N2O4S. The Hall–Kier alpha value is -1.37. The van der Waals surface area contributed by atoms with Gasteiger partial charge >= 0.3 is 0 Å². The third kappa shape index (κ3) is 3.23. The van der Waals surface area contributed by atoms with E-state index in [4.69, 9.17) is 4.52 Å². The lowest BCUT2D eigenvalue weighted by Gasteiger charge is -2.26. The Kier molecular flexibility index (Phi) is 4.73. The summed E-state index contributed by atoms with van der Waals surface area (Å²) in [5, 5.41) is 6.31. The van der Waals surface area contributed by atoms with E-state index < -0.39 is 25.7 Å². The molecule has 0 unspecified atom stereocenters. The number of anilines is 1. The maximum atomic E-state index is 12.8. The lowest BCUT2D eigenvalue weighted by molar-refractivity contribution is -0.118. The predicted octanol–water partition coefficient (Wildman–Crippen LogP) is 3.58. The Bertz CT molecular complexity index is 739. The van der Waals surface area contributed by atoms with Crippen LogP contribution >= 0.6 is 0 Å². The number of nitrogens with one attached hydrogen (secondary N) is 1. The Balaban J connectivity index is 1.74. The van der Waals surface area contributed by atoms with E-state index in [2.05, 4.69) is 17.4 Å². The molecule has 0 saturated heterocycles. The van der Waals surface area contributed by atoms with E-state index >= 15 is 0 Å². The zero-order valence-corrected chi connectivity index (χ0v) is 16.1. The van der Waals surface area contributed by atoms with E-state index in [-0.39, 0.29) is 11.3 Å². The SMILES string of the molecule is CC1(c2cc(NC(=O)C(C)(C)S(=O)(=O)C3CCCC3)on2)CCCC1. The summed E-state index contributed by atoms with van der Waals surface area (Å²) in [5.41, 5.74) is 0.814. The van der Waals surface area contributed by atoms with E-state index in [1.165, 1.54) is 13.8 Å². The molecule has 2 aliphatic carbocycles. The van der Waals surface area contributed by atoms with Crippen molar-refractivity contribution >= 4 is 21.6 Å². The minimum atomic E-state index is -3.55. The molecule has 2 aliphatic rings. The first-order valence-electron chi connectivity index (χ1n) is 9.19. The number of carbonyl (C=O) groups is 1. The van der Waals surface area contributed by atoms with Crippen LogP contribution in [0.3, 0.4) is 0 Å². The van der Waals surface area contributed by atoms with Crippen LogP contribution in [0.25, 0.3) is 0 Å². The van der Waals surface area contributed by atoms with Gasteiger partial charge in [-0.2, -0.15) is 0 Å². The molecule has 2 saturated carbocycles. The maximum absolute atomic E-state index is 12.8. The fraction of sp³-hybridized carbons (Fsp3) is 0.778. The largest absolute Gasteiger partial charge is 0.338 e. The van der Waals surface area contributed by atoms with Crippen LogP contribution in [0.15, 0.2) is 10.6 Å². The average Bonchev–Trinajstić information content (AvgIpc) is 3.28. The smallest absolute Gasteiger partial charge is 0.247 e. The van der Waals surface area contributed by atoms with Gasteiger partial charge in [0.1, 0.15) is 4.75 Å². The zero-order valence-electron chi connectivity index (χ0n) is 15.3. The van der Waals surface area contributed by atoms with E-state index in [1.807, 2.05) is 0 Å². The normalized spacial score (nSPS) is 21.6. The highest BCUT2D eigenvalue weighted by Gasteiger charge is 2.47. The van der Waals surface area contributed by atoms with Crippen molar-refractivity contribution in [3.05, 3.63) is 11.8 Å². The lowest BCUT2D eigenvalue weighted by atomic mass is 9.85. The van der Waals surface area contributed by atoms with Crippen LogP contribution in [0.1, 0.15) is 77.8 Å². The van der Waals surface area contributed by atoms with Gasteiger partial charge in [-0.15, -0.1) is 0 Å². The van der Waals surface area contributed by atoms with Crippen molar-refractivity contribution in [2.45, 2.75) is 87.5 Å². The number of hydrogen-bond donors (Lipinski definition) is 1. The molecule has 140 valence electrons. The number of hydrogen-bond acceptors (Lipinski definition) is 5. The predicted molar refractivity (Wildman–Crippen MR) is 96.2 cm³/mol. The second-order valence-corrected chi connectivity index (χ2v) is 11.0. The Morgan fingerprint density at radius 3 is 2.44 bits per heavy atom. The third-order valence-electron chi connectivity index (χ3n) is 6.07. The summed E-state index contributed by atoms with van der Waals surface area (Å²) < 4.78 is 29.5. The molecule has 1 amide bonds. The molecule has 0 spiro atoms. The molecule has 0 atom stereocenters. The van der Waals surface area contributed by atoms with Crippen LogP contribution in [0, 0.1) is 0 Å². The molecule has 3 rings (SSSR count). The highest BCUT2D eigenvalue weighted by Crippen LogP contribution is 2.40. The van der Waals surface area contributed by atoms with E-state index in [9.17, 15) is 13.2 Å². The molecule has 0 radical (unpaired) electrons. The molecule has 2 fully saturated rings. The van der Waals surface area contributed by atoms with Gasteiger partial charge < -0.3 is 4.52 Å². The van der Waals surface area contributed by atoms with Gasteiger partial charge in [0.05, 0.1) is 10.9 Å². The van der Waals surface area contributed by atoms with Crippen molar-refractivity contribution < 1.29 is 17.7 Å². The van der Waals surface area contributed by atoms with E-state index in [0.29, 0.717) is 12.8 Å². The maximum Gasteiger partial charge on any atom is 0.247 e. The number of rotatable bonds is 5. The highest BCUT2D eigenvalue weighted by molar-refractivity contribution is 7.94. The van der Waals surface area contributed by atoms with Crippen LogP contribution in [0.5, 0.6) is 0 Å². The van der Waals surface area contributed by atoms with Crippen LogP contribution < -0.4 is 5.32 Å². The molecule has 7 heteroatoms. The highest BCUT2D eigenvalue weighted by atomic mass is 32.2. The minimum Gasteiger partial charge on any atom is -0.338 e. The standard InChI is InChI=1S/C18H28N2O4S/c1-17(2,25(22,23)13-8-4-5-9-13)16(21)19-15-12-14(20-24-15)18(3)10-6-7-11-18/h12-13H,4-11H2,1-3H3,(H,19,21). The second kappa shape index (κ2) is 6.41. The summed E-state index contributed by atoms with van der Waals surface area (Å²) in [6, 6.07) is 1.74. The second-order valence-electron chi connectivity index (χ2n) is 8.26. The van der Waals surface area contributed by atoms with Gasteiger partial charge in [0.25, 0.3) is 0 Å². The summed E-state index contributed by atoms with van der Waals surface area (Å²) in [7, 11) is -3.55. The zero-order chi connectivity index (χ0) is 18.3. The lowest BCUT2D eigenvalue weighted by Crippen LogP contribution is -2.48. The van der Waals surface area contributed by atoms with Crippen molar-refractivity contribution in [2.24, 2.45) is 0 Å². The first-order chi connectivity index (χ1) is 11.7. The Morgan fingerprint density at radius 1 is 1.24 bits per heavy atom. The topological polar surface area (TPSA) is 89.3 Å². The van der Waals surface area contributed by atoms with Gasteiger partial charge in [-0.3, -0.25) is 10.1 Å². The van der Waals surface area contributed by atoms with Crippen molar-refractivity contribution in [3.8, 4) is 0 Å². The molecule has 0 aliphatic heterocycles. The summed E-state index contributed by atoms with van der Waals surface area (Å²) in [5.74, 6) is -0.332. The number of sulfone groups is 1. The van der Waals surface area contributed by atoms with Gasteiger partial charge in [0.2, 0.25) is 11.8 Å². The number of nitrogens with zero attached hydrogens (tertiary/aromatic N) is 1. The monoisotopic (exact) mass is 368 g/mol. The summed E-state index contributed by atoms with van der Waals surface area (Å²) in [6.07, 6.45) is 7.53. The molecule has 25 heavy (non-hydrogen) atoms. The van der Waals surface area contributed by atoms with E-state index in [1.54, 1.807) is 6.07 Å². The van der Waals surface area contributed by atoms with Crippen LogP contribution in [-0.2, 0) is 20.0 Å².